The van der Waals surface area contributed by atoms with Crippen LogP contribution in [0.5, 0.6) is 0 Å². The van der Waals surface area contributed by atoms with Crippen molar-refractivity contribution in [2.24, 2.45) is 0 Å². The van der Waals surface area contributed by atoms with Gasteiger partial charge in [0.25, 0.3) is 15.9 Å². The molecule has 0 atom stereocenters. The lowest BCUT2D eigenvalue weighted by molar-refractivity contribution is 0.0985. The molecule has 0 aliphatic carbocycles. The Morgan fingerprint density at radius 2 is 1.94 bits per heavy atom. The molecular weight excluding hydrogens is 252 g/mol. The van der Waals surface area contributed by atoms with E-state index >= 15 is 0 Å². The van der Waals surface area contributed by atoms with Crippen LogP contribution in [0.2, 0.25) is 0 Å². The lowest BCUT2D eigenvalue weighted by Crippen LogP contribution is -2.20. The summed E-state index contributed by atoms with van der Waals surface area (Å²) < 4.78 is 25.3. The van der Waals surface area contributed by atoms with Crippen molar-refractivity contribution in [2.45, 2.75) is 4.90 Å². The number of hydrogen-bond donors (Lipinski definition) is 1. The fourth-order valence-corrected chi connectivity index (χ4v) is 3.05. The van der Waals surface area contributed by atoms with Crippen LogP contribution in [0.25, 0.3) is 11.3 Å². The first-order valence-electron chi connectivity index (χ1n) is 5.20. The number of amides is 1. The van der Waals surface area contributed by atoms with Gasteiger partial charge in [0.2, 0.25) is 0 Å². The van der Waals surface area contributed by atoms with E-state index in [4.69, 9.17) is 0 Å². The van der Waals surface area contributed by atoms with E-state index in [0.717, 1.165) is 0 Å². The second-order valence-corrected chi connectivity index (χ2v) is 5.51. The minimum atomic E-state index is -3.71. The number of carbonyl (C=O) groups is 1. The lowest BCUT2D eigenvalue weighted by atomic mass is 10.1. The van der Waals surface area contributed by atoms with Crippen LogP contribution >= 0.6 is 0 Å². The molecule has 1 N–H and O–H groups in total. The van der Waals surface area contributed by atoms with Crippen LogP contribution in [0.3, 0.4) is 0 Å². The van der Waals surface area contributed by atoms with Crippen LogP contribution in [0, 0.1) is 0 Å². The van der Waals surface area contributed by atoms with Gasteiger partial charge in [-0.3, -0.25) is 9.78 Å². The fraction of sp³-hybridized carbons (Fsp3) is 0. The molecule has 0 fully saturated rings. The van der Waals surface area contributed by atoms with Crippen molar-refractivity contribution in [2.75, 3.05) is 0 Å². The third-order valence-corrected chi connectivity index (χ3v) is 4.07. The number of benzene rings is 1. The van der Waals surface area contributed by atoms with Crippen LogP contribution < -0.4 is 4.72 Å². The van der Waals surface area contributed by atoms with E-state index in [-0.39, 0.29) is 10.5 Å². The topological polar surface area (TPSA) is 76.1 Å². The van der Waals surface area contributed by atoms with Gasteiger partial charge in [0.05, 0.1) is 11.3 Å². The molecule has 1 amide bonds. The zero-order chi connectivity index (χ0) is 12.8. The molecule has 1 aliphatic heterocycles. The monoisotopic (exact) mass is 260 g/mol. The summed E-state index contributed by atoms with van der Waals surface area (Å²) in [5, 5.41) is 0. The average molecular weight is 260 g/mol. The summed E-state index contributed by atoms with van der Waals surface area (Å²) in [5.41, 5.74) is 1.50. The second kappa shape index (κ2) is 3.64. The third-order valence-electron chi connectivity index (χ3n) is 2.70. The average Bonchev–Trinajstić information content (AvgIpc) is 2.61. The molecule has 90 valence electrons. The van der Waals surface area contributed by atoms with Gasteiger partial charge in [0.1, 0.15) is 4.90 Å². The number of sulfonamides is 1. The van der Waals surface area contributed by atoms with E-state index in [9.17, 15) is 13.2 Å². The number of hydrogen-bond acceptors (Lipinski definition) is 4. The summed E-state index contributed by atoms with van der Waals surface area (Å²) in [7, 11) is -3.71. The van der Waals surface area contributed by atoms with Crippen molar-refractivity contribution >= 4 is 15.9 Å². The highest BCUT2D eigenvalue weighted by Crippen LogP contribution is 2.27. The maximum absolute atomic E-state index is 11.7. The molecule has 2 heterocycles. The van der Waals surface area contributed by atoms with E-state index in [2.05, 4.69) is 4.98 Å². The summed E-state index contributed by atoms with van der Waals surface area (Å²) in [6.07, 6.45) is 1.63. The van der Waals surface area contributed by atoms with Gasteiger partial charge in [-0.25, -0.2) is 13.1 Å². The van der Waals surface area contributed by atoms with E-state index in [1.165, 1.54) is 12.1 Å². The number of rotatable bonds is 1. The van der Waals surface area contributed by atoms with Crippen LogP contribution in [0.15, 0.2) is 47.5 Å². The van der Waals surface area contributed by atoms with Gasteiger partial charge in [0.15, 0.2) is 0 Å². The van der Waals surface area contributed by atoms with Crippen LogP contribution in [-0.2, 0) is 10.0 Å². The molecule has 5 nitrogen and oxygen atoms in total. The molecule has 1 aliphatic rings. The van der Waals surface area contributed by atoms with Crippen molar-refractivity contribution in [3.8, 4) is 11.3 Å². The highest BCUT2D eigenvalue weighted by molar-refractivity contribution is 7.90. The summed E-state index contributed by atoms with van der Waals surface area (Å²) >= 11 is 0. The van der Waals surface area contributed by atoms with Crippen molar-refractivity contribution in [3.05, 3.63) is 48.2 Å². The fourth-order valence-electron chi connectivity index (χ4n) is 1.86. The lowest BCUT2D eigenvalue weighted by Gasteiger charge is -2.02. The Labute approximate surface area is 104 Å². The van der Waals surface area contributed by atoms with E-state index in [0.29, 0.717) is 11.3 Å². The SMILES string of the molecule is O=C1NS(=O)(=O)c2cc(-c3ccccn3)ccc21. The van der Waals surface area contributed by atoms with Gasteiger partial charge in [-0.05, 0) is 24.3 Å². The Kier molecular flexibility index (Phi) is 2.21. The largest absolute Gasteiger partial charge is 0.268 e. The Morgan fingerprint density at radius 1 is 1.11 bits per heavy atom. The zero-order valence-corrected chi connectivity index (χ0v) is 9.94. The first kappa shape index (κ1) is 10.9. The molecule has 0 saturated carbocycles. The maximum atomic E-state index is 11.7. The van der Waals surface area contributed by atoms with Crippen molar-refractivity contribution < 1.29 is 13.2 Å². The third kappa shape index (κ3) is 1.58. The maximum Gasteiger partial charge on any atom is 0.266 e. The first-order valence-corrected chi connectivity index (χ1v) is 6.69. The second-order valence-electron chi connectivity index (χ2n) is 3.86. The Morgan fingerprint density at radius 3 is 2.67 bits per heavy atom. The summed E-state index contributed by atoms with van der Waals surface area (Å²) in [6.45, 7) is 0. The molecule has 2 aromatic rings. The van der Waals surface area contributed by atoms with Gasteiger partial charge in [0, 0.05) is 11.8 Å². The standard InChI is InChI=1S/C12H8N2O3S/c15-12-9-5-4-8(10-3-1-2-6-13-10)7-11(9)18(16,17)14-12/h1-7H,(H,14,15). The normalized spacial score (nSPS) is 16.1. The molecule has 1 aromatic carbocycles. The Bertz CT molecular complexity index is 739. The quantitative estimate of drug-likeness (QED) is 0.835. The number of nitrogens with one attached hydrogen (secondary N) is 1. The molecule has 0 unspecified atom stereocenters. The van der Waals surface area contributed by atoms with Gasteiger partial charge >= 0.3 is 0 Å². The predicted octanol–water partition coefficient (Wildman–Crippen LogP) is 1.18. The van der Waals surface area contributed by atoms with E-state index in [1.807, 2.05) is 10.8 Å². The Balaban J connectivity index is 2.22. The minimum Gasteiger partial charge on any atom is -0.268 e. The van der Waals surface area contributed by atoms with Gasteiger partial charge in [-0.1, -0.05) is 12.1 Å². The van der Waals surface area contributed by atoms with E-state index in [1.54, 1.807) is 24.4 Å². The minimum absolute atomic E-state index is 0.00986. The van der Waals surface area contributed by atoms with Crippen molar-refractivity contribution in [1.29, 1.82) is 0 Å². The smallest absolute Gasteiger partial charge is 0.266 e. The number of pyridine rings is 1. The molecule has 0 radical (unpaired) electrons. The summed E-state index contributed by atoms with van der Waals surface area (Å²) in [6, 6.07) is 10.0. The molecular formula is C12H8N2O3S. The van der Waals surface area contributed by atoms with Crippen LogP contribution in [0.4, 0.5) is 0 Å². The van der Waals surface area contributed by atoms with E-state index < -0.39 is 15.9 Å². The summed E-state index contributed by atoms with van der Waals surface area (Å²) in [4.78, 5) is 15.6. The van der Waals surface area contributed by atoms with Gasteiger partial charge in [-0.15, -0.1) is 0 Å². The molecule has 0 spiro atoms. The molecule has 0 bridgehead atoms. The highest BCUT2D eigenvalue weighted by Gasteiger charge is 2.32. The molecule has 6 heteroatoms. The molecule has 0 saturated heterocycles. The van der Waals surface area contributed by atoms with Gasteiger partial charge < -0.3 is 0 Å². The number of fused-ring (bicyclic) bond motifs is 1. The number of nitrogens with zero attached hydrogens (tertiary/aromatic N) is 1. The van der Waals surface area contributed by atoms with Gasteiger partial charge in [-0.2, -0.15) is 0 Å². The van der Waals surface area contributed by atoms with Crippen LogP contribution in [-0.4, -0.2) is 19.3 Å². The summed E-state index contributed by atoms with van der Waals surface area (Å²) in [5.74, 6) is -0.586. The van der Waals surface area contributed by atoms with Crippen molar-refractivity contribution in [3.63, 3.8) is 0 Å². The molecule has 3 rings (SSSR count). The van der Waals surface area contributed by atoms with Crippen molar-refractivity contribution in [1.82, 2.24) is 9.71 Å². The van der Waals surface area contributed by atoms with Crippen LogP contribution in [0.1, 0.15) is 10.4 Å². The zero-order valence-electron chi connectivity index (χ0n) is 9.12. The first-order chi connectivity index (χ1) is 8.58. The molecule has 1 aromatic heterocycles. The predicted molar refractivity (Wildman–Crippen MR) is 64.3 cm³/mol. The number of aromatic nitrogens is 1. The Hall–Kier alpha value is -2.21. The number of carbonyl (C=O) groups excluding carboxylic acids is 1. The highest BCUT2D eigenvalue weighted by atomic mass is 32.2. The molecule has 18 heavy (non-hydrogen) atoms.